The number of nitrogens with zero attached hydrogens (tertiary/aromatic N) is 2. The number of carbonyl (C=O) groups excluding carboxylic acids is 1. The summed E-state index contributed by atoms with van der Waals surface area (Å²) in [5, 5.41) is 6.64. The Morgan fingerprint density at radius 2 is 2.05 bits per heavy atom. The second-order valence-electron chi connectivity index (χ2n) is 4.44. The molecule has 2 aromatic rings. The first-order valence-electron chi connectivity index (χ1n) is 6.46. The third kappa shape index (κ3) is 4.19. The molecule has 114 valence electrons. The maximum Gasteiger partial charge on any atom is 0.270 e. The first-order valence-corrected chi connectivity index (χ1v) is 7.22. The topological polar surface area (TPSA) is 66.9 Å². The van der Waals surface area contributed by atoms with E-state index in [2.05, 4.69) is 27.2 Å². The summed E-state index contributed by atoms with van der Waals surface area (Å²) in [5.74, 6) is 0.686. The van der Waals surface area contributed by atoms with Crippen LogP contribution in [0.4, 0.5) is 11.5 Å². The first-order chi connectivity index (χ1) is 10.5. The minimum atomic E-state index is -0.289. The Bertz CT molecular complexity index is 719. The van der Waals surface area contributed by atoms with Crippen molar-refractivity contribution in [3.63, 3.8) is 0 Å². The molecular formula is C15H14Cl2N4O. The number of amides is 1. The third-order valence-electron chi connectivity index (χ3n) is 2.67. The minimum absolute atomic E-state index is 0.275. The summed E-state index contributed by atoms with van der Waals surface area (Å²) in [5.41, 5.74) is 0.988. The molecule has 22 heavy (non-hydrogen) atoms. The molecule has 0 aliphatic rings. The number of benzene rings is 1. The fourth-order valence-corrected chi connectivity index (χ4v) is 2.02. The van der Waals surface area contributed by atoms with Crippen molar-refractivity contribution in [1.29, 1.82) is 0 Å². The molecule has 0 saturated heterocycles. The van der Waals surface area contributed by atoms with Crippen LogP contribution in [0, 0.1) is 6.92 Å². The second-order valence-corrected chi connectivity index (χ2v) is 5.25. The van der Waals surface area contributed by atoms with Crippen molar-refractivity contribution in [2.75, 3.05) is 11.9 Å². The van der Waals surface area contributed by atoms with Gasteiger partial charge in [0.15, 0.2) is 0 Å². The van der Waals surface area contributed by atoms with Crippen LogP contribution >= 0.6 is 23.2 Å². The molecule has 0 aliphatic carbocycles. The molecule has 0 atom stereocenters. The van der Waals surface area contributed by atoms with E-state index < -0.39 is 0 Å². The van der Waals surface area contributed by atoms with Crippen molar-refractivity contribution in [3.05, 3.63) is 58.5 Å². The lowest BCUT2D eigenvalue weighted by Crippen LogP contribution is -2.24. The lowest BCUT2D eigenvalue weighted by Gasteiger charge is -2.09. The number of aryl methyl sites for hydroxylation is 1. The average Bonchev–Trinajstić information content (AvgIpc) is 2.48. The van der Waals surface area contributed by atoms with Crippen LogP contribution in [0.2, 0.25) is 10.0 Å². The van der Waals surface area contributed by atoms with Gasteiger partial charge in [-0.1, -0.05) is 29.3 Å². The van der Waals surface area contributed by atoms with Crippen LogP contribution in [0.25, 0.3) is 0 Å². The predicted octanol–water partition coefficient (Wildman–Crippen LogP) is 3.75. The standard InChI is InChI=1S/C15H14Cl2N4O/c1-3-6-18-15(22)13-8-14(20-9(2)19-13)21-10-4-5-11(16)12(17)7-10/h3-5,7-8H,1,6H2,2H3,(H,18,22)(H,19,20,21). The van der Waals surface area contributed by atoms with Crippen molar-refractivity contribution in [2.24, 2.45) is 0 Å². The van der Waals surface area contributed by atoms with Gasteiger partial charge < -0.3 is 10.6 Å². The van der Waals surface area contributed by atoms with Crippen LogP contribution < -0.4 is 10.6 Å². The van der Waals surface area contributed by atoms with E-state index in [9.17, 15) is 4.79 Å². The fourth-order valence-electron chi connectivity index (χ4n) is 1.73. The van der Waals surface area contributed by atoms with Crippen molar-refractivity contribution in [2.45, 2.75) is 6.92 Å². The smallest absolute Gasteiger partial charge is 0.270 e. The molecule has 0 saturated carbocycles. The van der Waals surface area contributed by atoms with E-state index in [0.29, 0.717) is 33.9 Å². The average molecular weight is 337 g/mol. The van der Waals surface area contributed by atoms with Crippen LogP contribution in [0.15, 0.2) is 36.9 Å². The van der Waals surface area contributed by atoms with Gasteiger partial charge in [0.25, 0.3) is 5.91 Å². The van der Waals surface area contributed by atoms with Crippen LogP contribution in [0.1, 0.15) is 16.3 Å². The van der Waals surface area contributed by atoms with Crippen LogP contribution in [-0.4, -0.2) is 22.4 Å². The minimum Gasteiger partial charge on any atom is -0.347 e. The van der Waals surface area contributed by atoms with Gasteiger partial charge in [-0.2, -0.15) is 0 Å². The first kappa shape index (κ1) is 16.3. The van der Waals surface area contributed by atoms with E-state index >= 15 is 0 Å². The van der Waals surface area contributed by atoms with Crippen molar-refractivity contribution in [3.8, 4) is 0 Å². The lowest BCUT2D eigenvalue weighted by atomic mass is 10.3. The number of halogens is 2. The highest BCUT2D eigenvalue weighted by Crippen LogP contribution is 2.26. The van der Waals surface area contributed by atoms with Gasteiger partial charge in [-0.25, -0.2) is 9.97 Å². The maximum atomic E-state index is 11.9. The SMILES string of the molecule is C=CCNC(=O)c1cc(Nc2ccc(Cl)c(Cl)c2)nc(C)n1. The van der Waals surface area contributed by atoms with Gasteiger partial charge in [-0.15, -0.1) is 6.58 Å². The Labute approximate surface area is 138 Å². The number of carbonyl (C=O) groups is 1. The van der Waals surface area contributed by atoms with Gasteiger partial charge in [0, 0.05) is 18.3 Å². The molecule has 1 aromatic heterocycles. The number of anilines is 2. The quantitative estimate of drug-likeness (QED) is 0.816. The molecule has 1 aromatic carbocycles. The zero-order valence-corrected chi connectivity index (χ0v) is 13.4. The van der Waals surface area contributed by atoms with Crippen molar-refractivity contribution >= 4 is 40.6 Å². The highest BCUT2D eigenvalue weighted by atomic mass is 35.5. The number of nitrogens with one attached hydrogen (secondary N) is 2. The summed E-state index contributed by atoms with van der Waals surface area (Å²) < 4.78 is 0. The van der Waals surface area contributed by atoms with Crippen LogP contribution in [0.5, 0.6) is 0 Å². The highest BCUT2D eigenvalue weighted by molar-refractivity contribution is 6.42. The molecule has 0 radical (unpaired) electrons. The van der Waals surface area contributed by atoms with Gasteiger partial charge in [0.1, 0.15) is 17.3 Å². The monoisotopic (exact) mass is 336 g/mol. The number of rotatable bonds is 5. The van der Waals surface area contributed by atoms with Gasteiger partial charge in [-0.05, 0) is 25.1 Å². The van der Waals surface area contributed by atoms with Crippen molar-refractivity contribution < 1.29 is 4.79 Å². The molecule has 2 N–H and O–H groups in total. The highest BCUT2D eigenvalue weighted by Gasteiger charge is 2.10. The molecule has 0 unspecified atom stereocenters. The van der Waals surface area contributed by atoms with Gasteiger partial charge in [0.2, 0.25) is 0 Å². The van der Waals surface area contributed by atoms with Gasteiger partial charge >= 0.3 is 0 Å². The zero-order chi connectivity index (χ0) is 16.1. The number of hydrogen-bond acceptors (Lipinski definition) is 4. The second kappa shape index (κ2) is 7.24. The molecular weight excluding hydrogens is 323 g/mol. The van der Waals surface area contributed by atoms with E-state index in [1.54, 1.807) is 37.3 Å². The van der Waals surface area contributed by atoms with Crippen molar-refractivity contribution in [1.82, 2.24) is 15.3 Å². The molecule has 0 spiro atoms. The molecule has 0 aliphatic heterocycles. The summed E-state index contributed by atoms with van der Waals surface area (Å²) in [4.78, 5) is 20.3. The van der Waals surface area contributed by atoms with E-state index in [0.717, 1.165) is 0 Å². The third-order valence-corrected chi connectivity index (χ3v) is 3.41. The molecule has 0 fully saturated rings. The Morgan fingerprint density at radius 1 is 1.27 bits per heavy atom. The summed E-state index contributed by atoms with van der Waals surface area (Å²) in [6, 6.07) is 6.69. The van der Waals surface area contributed by atoms with Crippen LogP contribution in [0.3, 0.4) is 0 Å². The van der Waals surface area contributed by atoms with E-state index in [-0.39, 0.29) is 11.6 Å². The Morgan fingerprint density at radius 3 is 2.73 bits per heavy atom. The summed E-state index contributed by atoms with van der Waals surface area (Å²) in [7, 11) is 0. The number of hydrogen-bond donors (Lipinski definition) is 2. The van der Waals surface area contributed by atoms with E-state index in [4.69, 9.17) is 23.2 Å². The molecule has 7 heteroatoms. The largest absolute Gasteiger partial charge is 0.347 e. The Kier molecular flexibility index (Phi) is 5.35. The normalized spacial score (nSPS) is 10.1. The zero-order valence-electron chi connectivity index (χ0n) is 11.9. The fraction of sp³-hybridized carbons (Fsp3) is 0.133. The summed E-state index contributed by atoms with van der Waals surface area (Å²) >= 11 is 11.8. The summed E-state index contributed by atoms with van der Waals surface area (Å²) in [6.07, 6.45) is 1.60. The predicted molar refractivity (Wildman–Crippen MR) is 89.0 cm³/mol. The molecule has 1 amide bonds. The van der Waals surface area contributed by atoms with Gasteiger partial charge in [-0.3, -0.25) is 4.79 Å². The van der Waals surface area contributed by atoms with E-state index in [1.165, 1.54) is 0 Å². The van der Waals surface area contributed by atoms with Crippen LogP contribution in [-0.2, 0) is 0 Å². The Hall–Kier alpha value is -2.11. The molecule has 2 rings (SSSR count). The number of aromatic nitrogens is 2. The maximum absolute atomic E-state index is 11.9. The van der Waals surface area contributed by atoms with Gasteiger partial charge in [0.05, 0.1) is 10.0 Å². The lowest BCUT2D eigenvalue weighted by molar-refractivity contribution is 0.0952. The Balaban J connectivity index is 2.23. The molecule has 0 bridgehead atoms. The molecule has 5 nitrogen and oxygen atoms in total. The van der Waals surface area contributed by atoms with E-state index in [1.807, 2.05) is 0 Å². The summed E-state index contributed by atoms with van der Waals surface area (Å²) in [6.45, 7) is 5.63. The molecule has 1 heterocycles.